The largest absolute Gasteiger partial charge is 0.478 e. The molecule has 0 atom stereocenters. The van der Waals surface area contributed by atoms with Gasteiger partial charge in [-0.25, -0.2) is 33.6 Å². The fourth-order valence-electron chi connectivity index (χ4n) is 10.0. The maximum absolute atomic E-state index is 12.0. The van der Waals surface area contributed by atoms with E-state index in [1.165, 1.54) is 99.5 Å². The molecule has 0 bridgehead atoms. The highest BCUT2D eigenvalue weighted by Gasteiger charge is 2.23. The van der Waals surface area contributed by atoms with Gasteiger partial charge in [0.2, 0.25) is 25.6 Å². The van der Waals surface area contributed by atoms with Gasteiger partial charge in [-0.3, -0.25) is 19.2 Å². The van der Waals surface area contributed by atoms with Gasteiger partial charge in [-0.2, -0.15) is 0 Å². The van der Waals surface area contributed by atoms with Gasteiger partial charge in [0.25, 0.3) is 0 Å². The molecule has 0 aliphatic heterocycles. The Kier molecular flexibility index (Phi) is 27.4. The second-order valence-electron chi connectivity index (χ2n) is 23.3. The van der Waals surface area contributed by atoms with Crippen LogP contribution >= 0.6 is 0 Å². The standard InChI is InChI=1S/C60H36O12.C8H8O2.4C3H7NO/c61-55(62)37-13-1-31(2-14-37)43-25-49-50(26-44(43)32-3-15-38(16-4-32)56(63)64)52-28-46(34-7-19-40(20-8-34)58(67)68)48(36-11-23-42(24-12-36)60(71)72)30-54(52)53-29-47(35-9-21-41(22-10-35)59(69)70)45(27-51(49)53)33-5-17-39(18-6-33)57(65)66;1-10-8(9)7-5-3-2-4-6-7;4*1-4(2)3-5/h1-30H,(H,61,62)(H,63,64)(H,65,66)(H,67,68)(H,69,70)(H,71,72);2-6H,1H3;4*3H,1-2H3. The minimum Gasteiger partial charge on any atom is -0.478 e. The van der Waals surface area contributed by atoms with Crippen molar-refractivity contribution in [2.75, 3.05) is 63.5 Å². The number of methoxy groups -OCH3 is 1. The first-order chi connectivity index (χ1) is 48.5. The predicted octanol–water partition coefficient (Wildman–Crippen LogP) is 13.6. The van der Waals surface area contributed by atoms with Crippen LogP contribution in [0.1, 0.15) is 72.5 Å². The molecule has 520 valence electrons. The van der Waals surface area contributed by atoms with Crippen molar-refractivity contribution >= 4 is 99.7 Å². The molecule has 0 aliphatic rings. The summed E-state index contributed by atoms with van der Waals surface area (Å²) in [5, 5.41) is 63.4. The highest BCUT2D eigenvalue weighted by molar-refractivity contribution is 6.29. The van der Waals surface area contributed by atoms with Crippen LogP contribution in [-0.4, -0.2) is 181 Å². The molecule has 0 spiro atoms. The summed E-state index contributed by atoms with van der Waals surface area (Å²) in [6.45, 7) is 0. The molecule has 22 heteroatoms. The molecule has 0 saturated heterocycles. The average molecular weight is 1380 g/mol. The maximum atomic E-state index is 12.0. The first-order valence-corrected chi connectivity index (χ1v) is 30.7. The van der Waals surface area contributed by atoms with Crippen molar-refractivity contribution in [3.63, 3.8) is 0 Å². The third kappa shape index (κ3) is 20.2. The van der Waals surface area contributed by atoms with Gasteiger partial charge in [0.05, 0.1) is 46.1 Å². The summed E-state index contributed by atoms with van der Waals surface area (Å²) in [6.07, 6.45) is 3.00. The van der Waals surface area contributed by atoms with Crippen LogP contribution in [0.5, 0.6) is 0 Å². The molecule has 11 aromatic rings. The highest BCUT2D eigenvalue weighted by atomic mass is 16.5. The molecule has 0 fully saturated rings. The van der Waals surface area contributed by atoms with E-state index in [2.05, 4.69) is 4.74 Å². The smallest absolute Gasteiger partial charge is 0.337 e. The lowest BCUT2D eigenvalue weighted by molar-refractivity contribution is -0.116. The number of hydrogen-bond donors (Lipinski definition) is 6. The molecule has 0 unspecified atom stereocenters. The van der Waals surface area contributed by atoms with Crippen LogP contribution in [0.4, 0.5) is 0 Å². The van der Waals surface area contributed by atoms with Gasteiger partial charge in [-0.1, -0.05) is 91.0 Å². The Balaban J connectivity index is 0.000000455. The number of aromatic carboxylic acids is 6. The molecule has 0 saturated carbocycles. The molecule has 22 nitrogen and oxygen atoms in total. The Hall–Kier alpha value is -13.6. The van der Waals surface area contributed by atoms with Crippen LogP contribution in [0.15, 0.2) is 212 Å². The second-order valence-corrected chi connectivity index (χ2v) is 23.3. The van der Waals surface area contributed by atoms with Crippen molar-refractivity contribution in [2.45, 2.75) is 0 Å². The number of carbonyl (C=O) groups is 11. The number of benzene rings is 11. The molecule has 102 heavy (non-hydrogen) atoms. The Morgan fingerprint density at radius 3 is 0.520 bits per heavy atom. The van der Waals surface area contributed by atoms with E-state index in [0.29, 0.717) is 72.3 Å². The van der Waals surface area contributed by atoms with E-state index in [9.17, 15) is 83.4 Å². The zero-order valence-electron chi connectivity index (χ0n) is 56.9. The van der Waals surface area contributed by atoms with Crippen molar-refractivity contribution in [3.8, 4) is 66.8 Å². The number of fused-ring (bicyclic) bond motifs is 6. The lowest BCUT2D eigenvalue weighted by Crippen LogP contribution is -2.06. The van der Waals surface area contributed by atoms with Crippen LogP contribution in [0.3, 0.4) is 0 Å². The maximum Gasteiger partial charge on any atom is 0.337 e. The number of nitrogens with zero attached hydrogens (tertiary/aromatic N) is 4. The SMILES string of the molecule is CN(C)C=O.CN(C)C=O.CN(C)C=O.CN(C)C=O.COC(=O)c1ccccc1.O=C(O)c1ccc(-c2cc3c4cc(-c5ccc(C(=O)O)cc5)c(-c5ccc(C(=O)O)cc5)cc4c4cc(-c5ccc(C(=O)O)cc5)c(-c5ccc(C(=O)O)cc5)cc4c3cc2-c2ccc(C(=O)O)cc2)cc1. The van der Waals surface area contributed by atoms with E-state index in [-0.39, 0.29) is 39.4 Å². The molecular formula is C80H72N4O18. The highest BCUT2D eigenvalue weighted by Crippen LogP contribution is 2.48. The van der Waals surface area contributed by atoms with Crippen molar-refractivity contribution in [1.29, 1.82) is 0 Å². The van der Waals surface area contributed by atoms with Gasteiger partial charge in [0.15, 0.2) is 0 Å². The molecule has 4 amide bonds. The van der Waals surface area contributed by atoms with E-state index in [1.807, 2.05) is 42.5 Å². The van der Waals surface area contributed by atoms with Crippen molar-refractivity contribution in [3.05, 3.63) is 251 Å². The summed E-state index contributed by atoms with van der Waals surface area (Å²) in [6, 6.07) is 59.4. The normalized spacial score (nSPS) is 10.1. The minimum atomic E-state index is -1.11. The number of carbonyl (C=O) groups excluding carboxylic acids is 5. The molecule has 0 heterocycles. The summed E-state index contributed by atoms with van der Waals surface area (Å²) < 4.78 is 4.50. The zero-order chi connectivity index (χ0) is 75.1. The fourth-order valence-corrected chi connectivity index (χ4v) is 10.0. The molecule has 0 aliphatic carbocycles. The predicted molar refractivity (Wildman–Crippen MR) is 390 cm³/mol. The summed E-state index contributed by atoms with van der Waals surface area (Å²) in [5.74, 6) is -6.93. The van der Waals surface area contributed by atoms with E-state index < -0.39 is 35.8 Å². The van der Waals surface area contributed by atoms with E-state index in [4.69, 9.17) is 0 Å². The summed E-state index contributed by atoms with van der Waals surface area (Å²) >= 11 is 0. The second kappa shape index (κ2) is 36.1. The van der Waals surface area contributed by atoms with Gasteiger partial charge in [-0.15, -0.1) is 0 Å². The van der Waals surface area contributed by atoms with Crippen LogP contribution in [0.2, 0.25) is 0 Å². The van der Waals surface area contributed by atoms with Crippen LogP contribution in [0, 0.1) is 0 Å². The molecular weight excluding hydrogens is 1300 g/mol. The van der Waals surface area contributed by atoms with Gasteiger partial charge >= 0.3 is 41.8 Å². The third-order valence-corrected chi connectivity index (χ3v) is 15.0. The first kappa shape index (κ1) is 77.4. The number of esters is 1. The zero-order valence-corrected chi connectivity index (χ0v) is 56.9. The topological polar surface area (TPSA) is 331 Å². The van der Waals surface area contributed by atoms with E-state index in [0.717, 1.165) is 58.0 Å². The van der Waals surface area contributed by atoms with Gasteiger partial charge < -0.3 is 55.0 Å². The summed E-state index contributed by atoms with van der Waals surface area (Å²) in [7, 11) is 14.9. The summed E-state index contributed by atoms with van der Waals surface area (Å²) in [5.41, 5.74) is 9.08. The van der Waals surface area contributed by atoms with Gasteiger partial charge in [0, 0.05) is 56.4 Å². The number of ether oxygens (including phenoxy) is 1. The number of carboxylic acid groups (broad SMARTS) is 6. The van der Waals surface area contributed by atoms with Gasteiger partial charge in [-0.05, 0) is 220 Å². The lowest BCUT2D eigenvalue weighted by atomic mass is 9.82. The Morgan fingerprint density at radius 1 is 0.255 bits per heavy atom. The molecule has 0 radical (unpaired) electrons. The van der Waals surface area contributed by atoms with Crippen LogP contribution in [0.25, 0.3) is 99.1 Å². The summed E-state index contributed by atoms with van der Waals surface area (Å²) in [4.78, 5) is 126. The lowest BCUT2D eigenvalue weighted by Gasteiger charge is -2.21. The Bertz CT molecular complexity index is 4120. The monoisotopic (exact) mass is 1380 g/mol. The third-order valence-electron chi connectivity index (χ3n) is 15.0. The molecule has 11 rings (SSSR count). The minimum absolute atomic E-state index is 0.0724. The van der Waals surface area contributed by atoms with Crippen molar-refractivity contribution < 1.29 is 88.1 Å². The molecule has 11 aromatic carbocycles. The Labute approximate surface area is 586 Å². The Morgan fingerprint density at radius 2 is 0.402 bits per heavy atom. The van der Waals surface area contributed by atoms with Crippen LogP contribution in [-0.2, 0) is 23.9 Å². The number of carboxylic acids is 6. The quantitative estimate of drug-likeness (QED) is 0.0280. The fraction of sp³-hybridized carbons (Fsp3) is 0.113. The van der Waals surface area contributed by atoms with E-state index >= 15 is 0 Å². The number of amides is 4. The average Bonchev–Trinajstić information content (AvgIpc) is 0.714. The van der Waals surface area contributed by atoms with Crippen LogP contribution < -0.4 is 0 Å². The number of hydrogen-bond acceptors (Lipinski definition) is 12. The van der Waals surface area contributed by atoms with Crippen molar-refractivity contribution in [1.82, 2.24) is 19.6 Å². The molecule has 0 aromatic heterocycles. The van der Waals surface area contributed by atoms with Crippen molar-refractivity contribution in [2.24, 2.45) is 0 Å². The van der Waals surface area contributed by atoms with Gasteiger partial charge in [0.1, 0.15) is 0 Å². The first-order valence-electron chi connectivity index (χ1n) is 30.7. The van der Waals surface area contributed by atoms with E-state index in [1.54, 1.807) is 153 Å². The molecule has 6 N–H and O–H groups in total. The number of rotatable bonds is 17.